The molecule has 3 heterocycles. The van der Waals surface area contributed by atoms with Crippen LogP contribution < -0.4 is 10.9 Å². The van der Waals surface area contributed by atoms with Gasteiger partial charge in [0.05, 0.1) is 0 Å². The standard InChI is InChI=1S/C18H27N3O2.ClH/c22-17-3-1-2-11-20(17)14-8-18(23)21-12-6-16(7-13-21)15-4-9-19-10-5-15;/h1-3,11,15-16,19H,4-10,12-14H2;1H. The summed E-state index contributed by atoms with van der Waals surface area (Å²) in [5.74, 6) is 1.82. The summed E-state index contributed by atoms with van der Waals surface area (Å²) >= 11 is 0. The number of nitrogens with zero attached hydrogens (tertiary/aromatic N) is 2. The Labute approximate surface area is 149 Å². The second-order valence-corrected chi connectivity index (χ2v) is 6.79. The lowest BCUT2D eigenvalue weighted by Gasteiger charge is -2.37. The van der Waals surface area contributed by atoms with Gasteiger partial charge in [0.15, 0.2) is 0 Å². The molecule has 0 unspecified atom stereocenters. The molecule has 2 aliphatic rings. The van der Waals surface area contributed by atoms with Gasteiger partial charge in [0, 0.05) is 38.3 Å². The first kappa shape index (κ1) is 19.0. The summed E-state index contributed by atoms with van der Waals surface area (Å²) in [7, 11) is 0. The number of aromatic nitrogens is 1. The first-order valence-corrected chi connectivity index (χ1v) is 8.88. The molecule has 2 fully saturated rings. The Morgan fingerprint density at radius 2 is 1.75 bits per heavy atom. The number of piperidine rings is 2. The number of hydrogen-bond acceptors (Lipinski definition) is 3. The minimum absolute atomic E-state index is 0. The van der Waals surface area contributed by atoms with Gasteiger partial charge >= 0.3 is 0 Å². The Morgan fingerprint density at radius 1 is 1.08 bits per heavy atom. The molecule has 1 amide bonds. The third-order valence-electron chi connectivity index (χ3n) is 5.41. The maximum Gasteiger partial charge on any atom is 0.250 e. The second-order valence-electron chi connectivity index (χ2n) is 6.79. The fraction of sp³-hybridized carbons (Fsp3) is 0.667. The molecule has 6 heteroatoms. The molecule has 0 aliphatic carbocycles. The second kappa shape index (κ2) is 9.23. The van der Waals surface area contributed by atoms with Crippen molar-refractivity contribution in [2.24, 2.45) is 11.8 Å². The molecule has 2 saturated heterocycles. The number of carbonyl (C=O) groups excluding carboxylic acids is 1. The van der Waals surface area contributed by atoms with E-state index in [1.54, 1.807) is 16.8 Å². The van der Waals surface area contributed by atoms with Crippen molar-refractivity contribution < 1.29 is 4.79 Å². The zero-order chi connectivity index (χ0) is 16.1. The maximum atomic E-state index is 12.4. The highest BCUT2D eigenvalue weighted by atomic mass is 35.5. The van der Waals surface area contributed by atoms with Crippen molar-refractivity contribution in [2.75, 3.05) is 26.2 Å². The van der Waals surface area contributed by atoms with Crippen LogP contribution in [0, 0.1) is 11.8 Å². The third kappa shape index (κ3) is 4.84. The lowest BCUT2D eigenvalue weighted by atomic mass is 9.79. The van der Waals surface area contributed by atoms with Crippen molar-refractivity contribution in [3.63, 3.8) is 0 Å². The van der Waals surface area contributed by atoms with Crippen molar-refractivity contribution in [2.45, 2.75) is 38.6 Å². The van der Waals surface area contributed by atoms with Gasteiger partial charge in [-0.25, -0.2) is 0 Å². The zero-order valence-electron chi connectivity index (χ0n) is 14.2. The molecule has 0 spiro atoms. The summed E-state index contributed by atoms with van der Waals surface area (Å²) in [6, 6.07) is 5.09. The van der Waals surface area contributed by atoms with Crippen LogP contribution >= 0.6 is 12.4 Å². The molecular weight excluding hydrogens is 326 g/mol. The Bertz CT molecular complexity index is 576. The molecule has 0 radical (unpaired) electrons. The van der Waals surface area contributed by atoms with Crippen LogP contribution in [-0.2, 0) is 11.3 Å². The Morgan fingerprint density at radius 3 is 2.42 bits per heavy atom. The van der Waals surface area contributed by atoms with Crippen molar-refractivity contribution >= 4 is 18.3 Å². The van der Waals surface area contributed by atoms with Crippen molar-refractivity contribution in [3.8, 4) is 0 Å². The molecule has 3 rings (SSSR count). The smallest absolute Gasteiger partial charge is 0.250 e. The summed E-state index contributed by atoms with van der Waals surface area (Å²) in [6.07, 6.45) is 7.02. The van der Waals surface area contributed by atoms with E-state index in [9.17, 15) is 9.59 Å². The van der Waals surface area contributed by atoms with Crippen LogP contribution in [-0.4, -0.2) is 41.6 Å². The van der Waals surface area contributed by atoms with Gasteiger partial charge in [0.2, 0.25) is 5.91 Å². The predicted molar refractivity (Wildman–Crippen MR) is 97.5 cm³/mol. The minimum atomic E-state index is -0.0371. The van der Waals surface area contributed by atoms with E-state index in [1.807, 2.05) is 11.0 Å². The summed E-state index contributed by atoms with van der Waals surface area (Å²) in [4.78, 5) is 26.0. The van der Waals surface area contributed by atoms with Gasteiger partial charge < -0.3 is 14.8 Å². The van der Waals surface area contributed by atoms with Gasteiger partial charge in [-0.2, -0.15) is 0 Å². The van der Waals surface area contributed by atoms with E-state index in [0.29, 0.717) is 13.0 Å². The van der Waals surface area contributed by atoms with Gasteiger partial charge in [-0.3, -0.25) is 9.59 Å². The van der Waals surface area contributed by atoms with E-state index >= 15 is 0 Å². The Balaban J connectivity index is 0.00000208. The van der Waals surface area contributed by atoms with E-state index in [0.717, 1.165) is 50.9 Å². The molecule has 0 saturated carbocycles. The van der Waals surface area contributed by atoms with Crippen LogP contribution in [0.4, 0.5) is 0 Å². The molecule has 24 heavy (non-hydrogen) atoms. The van der Waals surface area contributed by atoms with Crippen LogP contribution in [0.2, 0.25) is 0 Å². The topological polar surface area (TPSA) is 54.3 Å². The molecule has 0 atom stereocenters. The van der Waals surface area contributed by atoms with E-state index < -0.39 is 0 Å². The van der Waals surface area contributed by atoms with Crippen LogP contribution in [0.25, 0.3) is 0 Å². The summed E-state index contributed by atoms with van der Waals surface area (Å²) < 4.78 is 1.61. The van der Waals surface area contributed by atoms with Crippen LogP contribution in [0.1, 0.15) is 32.1 Å². The molecule has 2 aliphatic heterocycles. The molecular formula is C18H28ClN3O2. The molecule has 1 aromatic rings. The number of halogens is 1. The van der Waals surface area contributed by atoms with E-state index in [-0.39, 0.29) is 23.9 Å². The SMILES string of the molecule is Cl.O=C(CCn1ccccc1=O)N1CCC(C2CCNCC2)CC1. The zero-order valence-corrected chi connectivity index (χ0v) is 15.0. The fourth-order valence-electron chi connectivity index (χ4n) is 3.96. The highest BCUT2D eigenvalue weighted by Gasteiger charge is 2.28. The molecule has 1 aromatic heterocycles. The number of carbonyl (C=O) groups is 1. The number of nitrogens with one attached hydrogen (secondary N) is 1. The van der Waals surface area contributed by atoms with Gasteiger partial charge in [0.1, 0.15) is 0 Å². The predicted octanol–water partition coefficient (Wildman–Crippen LogP) is 1.90. The summed E-state index contributed by atoms with van der Waals surface area (Å²) in [5.41, 5.74) is -0.0371. The molecule has 0 bridgehead atoms. The monoisotopic (exact) mass is 353 g/mol. The van der Waals surface area contributed by atoms with Crippen molar-refractivity contribution in [3.05, 3.63) is 34.7 Å². The van der Waals surface area contributed by atoms with E-state index in [4.69, 9.17) is 0 Å². The van der Waals surface area contributed by atoms with E-state index in [1.165, 1.54) is 18.9 Å². The highest BCUT2D eigenvalue weighted by Crippen LogP contribution is 2.30. The maximum absolute atomic E-state index is 12.4. The fourth-order valence-corrected chi connectivity index (χ4v) is 3.96. The number of hydrogen-bond donors (Lipinski definition) is 1. The van der Waals surface area contributed by atoms with Crippen LogP contribution in [0.15, 0.2) is 29.2 Å². The lowest BCUT2D eigenvalue weighted by Crippen LogP contribution is -2.42. The van der Waals surface area contributed by atoms with Crippen LogP contribution in [0.3, 0.4) is 0 Å². The quantitative estimate of drug-likeness (QED) is 0.899. The molecule has 5 nitrogen and oxygen atoms in total. The van der Waals surface area contributed by atoms with E-state index in [2.05, 4.69) is 5.32 Å². The molecule has 0 aromatic carbocycles. The average molecular weight is 354 g/mol. The normalized spacial score (nSPS) is 19.8. The highest BCUT2D eigenvalue weighted by molar-refractivity contribution is 5.85. The number of rotatable bonds is 4. The number of amides is 1. The van der Waals surface area contributed by atoms with Crippen LogP contribution in [0.5, 0.6) is 0 Å². The van der Waals surface area contributed by atoms with Gasteiger partial charge in [-0.15, -0.1) is 12.4 Å². The Hall–Kier alpha value is -1.33. The number of pyridine rings is 1. The minimum Gasteiger partial charge on any atom is -0.343 e. The number of aryl methyl sites for hydroxylation is 1. The Kier molecular flexibility index (Phi) is 7.31. The average Bonchev–Trinajstić information content (AvgIpc) is 2.62. The molecule has 134 valence electrons. The van der Waals surface area contributed by atoms with Gasteiger partial charge in [-0.1, -0.05) is 6.07 Å². The van der Waals surface area contributed by atoms with Gasteiger partial charge in [-0.05, 0) is 56.7 Å². The largest absolute Gasteiger partial charge is 0.343 e. The lowest BCUT2D eigenvalue weighted by molar-refractivity contribution is -0.133. The number of likely N-dealkylation sites (tertiary alicyclic amines) is 1. The summed E-state index contributed by atoms with van der Waals surface area (Å²) in [6.45, 7) is 4.55. The first-order valence-electron chi connectivity index (χ1n) is 8.88. The third-order valence-corrected chi connectivity index (χ3v) is 5.41. The van der Waals surface area contributed by atoms with Crippen molar-refractivity contribution in [1.82, 2.24) is 14.8 Å². The van der Waals surface area contributed by atoms with Crippen molar-refractivity contribution in [1.29, 1.82) is 0 Å². The summed E-state index contributed by atoms with van der Waals surface area (Å²) in [5, 5.41) is 3.43. The van der Waals surface area contributed by atoms with Gasteiger partial charge in [0.25, 0.3) is 5.56 Å². The molecule has 1 N–H and O–H groups in total. The first-order chi connectivity index (χ1) is 11.2.